The highest BCUT2D eigenvalue weighted by molar-refractivity contribution is 5.91. The van der Waals surface area contributed by atoms with Crippen LogP contribution in [0.15, 0.2) is 24.3 Å². The van der Waals surface area contributed by atoms with Crippen LogP contribution in [0.25, 0.3) is 0 Å². The Morgan fingerprint density at radius 3 is 2.89 bits per heavy atom. The quantitative estimate of drug-likeness (QED) is 0.719. The summed E-state index contributed by atoms with van der Waals surface area (Å²) in [5.74, 6) is 0.602. The first-order valence-electron chi connectivity index (χ1n) is 5.89. The van der Waals surface area contributed by atoms with Gasteiger partial charge < -0.3 is 20.5 Å². The van der Waals surface area contributed by atoms with Crippen LogP contribution in [0.4, 0.5) is 5.69 Å². The van der Waals surface area contributed by atoms with Crippen molar-refractivity contribution >= 4 is 11.6 Å². The predicted octanol–water partition coefficient (Wildman–Crippen LogP) is 1.39. The Morgan fingerprint density at radius 2 is 2.22 bits per heavy atom. The largest absolute Gasteiger partial charge is 0.491 e. The smallest absolute Gasteiger partial charge is 0.225 e. The van der Waals surface area contributed by atoms with Gasteiger partial charge in [0.05, 0.1) is 6.61 Å². The van der Waals surface area contributed by atoms with Gasteiger partial charge in [-0.15, -0.1) is 0 Å². The summed E-state index contributed by atoms with van der Waals surface area (Å²) in [5, 5.41) is 2.77. The second-order valence-corrected chi connectivity index (χ2v) is 4.10. The number of rotatable bonds is 7. The van der Waals surface area contributed by atoms with Gasteiger partial charge in [0.2, 0.25) is 5.91 Å². The topological polar surface area (TPSA) is 73.6 Å². The first-order chi connectivity index (χ1) is 8.61. The molecule has 0 fully saturated rings. The fourth-order valence-electron chi connectivity index (χ4n) is 1.41. The van der Waals surface area contributed by atoms with Crippen LogP contribution < -0.4 is 15.8 Å². The minimum atomic E-state index is -0.147. The van der Waals surface area contributed by atoms with E-state index in [9.17, 15) is 4.79 Å². The van der Waals surface area contributed by atoms with Crippen molar-refractivity contribution in [3.8, 4) is 5.75 Å². The molecule has 100 valence electrons. The fraction of sp³-hybridized carbons (Fsp3) is 0.462. The molecule has 1 aromatic rings. The Morgan fingerprint density at radius 1 is 1.44 bits per heavy atom. The predicted molar refractivity (Wildman–Crippen MR) is 70.7 cm³/mol. The van der Waals surface area contributed by atoms with Crippen molar-refractivity contribution in [1.82, 2.24) is 0 Å². The molecule has 0 saturated heterocycles. The molecule has 5 heteroatoms. The molecule has 0 radical (unpaired) electrons. The van der Waals surface area contributed by atoms with Gasteiger partial charge in [-0.1, -0.05) is 6.07 Å². The molecule has 0 aromatic heterocycles. The molecule has 1 aromatic carbocycles. The summed E-state index contributed by atoms with van der Waals surface area (Å²) in [4.78, 5) is 11.5. The summed E-state index contributed by atoms with van der Waals surface area (Å²) in [5.41, 5.74) is 6.26. The first-order valence-corrected chi connectivity index (χ1v) is 5.89. The molecule has 0 aliphatic heterocycles. The lowest BCUT2D eigenvalue weighted by molar-refractivity contribution is -0.116. The summed E-state index contributed by atoms with van der Waals surface area (Å²) in [6, 6.07) is 7.09. The van der Waals surface area contributed by atoms with Gasteiger partial charge in [-0.05, 0) is 19.1 Å². The maximum Gasteiger partial charge on any atom is 0.225 e. The molecule has 0 bridgehead atoms. The molecule has 5 nitrogen and oxygen atoms in total. The van der Waals surface area contributed by atoms with Crippen LogP contribution in [0.2, 0.25) is 0 Å². The Balaban J connectivity index is 2.51. The highest BCUT2D eigenvalue weighted by Crippen LogP contribution is 2.17. The zero-order valence-corrected chi connectivity index (χ0v) is 10.8. The number of hydrogen-bond donors (Lipinski definition) is 2. The highest BCUT2D eigenvalue weighted by Gasteiger charge is 2.05. The Bertz CT molecular complexity index is 380. The molecule has 1 amide bonds. The van der Waals surface area contributed by atoms with E-state index in [0.717, 1.165) is 0 Å². The molecule has 3 N–H and O–H groups in total. The van der Waals surface area contributed by atoms with Crippen LogP contribution in [-0.2, 0) is 9.53 Å². The van der Waals surface area contributed by atoms with Gasteiger partial charge in [-0.3, -0.25) is 4.79 Å². The molecule has 1 unspecified atom stereocenters. The zero-order valence-electron chi connectivity index (χ0n) is 10.8. The highest BCUT2D eigenvalue weighted by atomic mass is 16.5. The summed E-state index contributed by atoms with van der Waals surface area (Å²) in [7, 11) is 1.62. The number of nitrogens with one attached hydrogen (secondary N) is 1. The van der Waals surface area contributed by atoms with Crippen molar-refractivity contribution in [3.63, 3.8) is 0 Å². The van der Waals surface area contributed by atoms with Crippen LogP contribution >= 0.6 is 0 Å². The zero-order chi connectivity index (χ0) is 13.4. The van der Waals surface area contributed by atoms with E-state index in [4.69, 9.17) is 15.2 Å². The number of amides is 1. The van der Waals surface area contributed by atoms with Gasteiger partial charge in [0.1, 0.15) is 12.4 Å². The number of anilines is 1. The van der Waals surface area contributed by atoms with E-state index in [1.165, 1.54) is 0 Å². The molecule has 0 aliphatic rings. The normalized spacial score (nSPS) is 11.9. The fourth-order valence-corrected chi connectivity index (χ4v) is 1.41. The minimum absolute atomic E-state index is 0.0981. The van der Waals surface area contributed by atoms with E-state index >= 15 is 0 Å². The number of nitrogens with two attached hydrogens (primary N) is 1. The van der Waals surface area contributed by atoms with Gasteiger partial charge in [0.25, 0.3) is 0 Å². The molecule has 18 heavy (non-hydrogen) atoms. The van der Waals surface area contributed by atoms with Gasteiger partial charge in [0.15, 0.2) is 0 Å². The number of benzene rings is 1. The third kappa shape index (κ3) is 5.65. The minimum Gasteiger partial charge on any atom is -0.491 e. The third-order valence-electron chi connectivity index (χ3n) is 2.18. The van der Waals surface area contributed by atoms with Crippen molar-refractivity contribution < 1.29 is 14.3 Å². The molecule has 1 rings (SSSR count). The average molecular weight is 252 g/mol. The Labute approximate surface area is 107 Å². The summed E-state index contributed by atoms with van der Waals surface area (Å²) in [6.45, 7) is 2.80. The molecule has 0 spiro atoms. The van der Waals surface area contributed by atoms with Crippen LogP contribution in [-0.4, -0.2) is 32.3 Å². The molecule has 0 heterocycles. The van der Waals surface area contributed by atoms with E-state index in [0.29, 0.717) is 31.1 Å². The second kappa shape index (κ2) is 7.68. The summed E-state index contributed by atoms with van der Waals surface area (Å²) >= 11 is 0. The molecule has 1 atom stereocenters. The van der Waals surface area contributed by atoms with E-state index in [2.05, 4.69) is 5.32 Å². The lowest BCUT2D eigenvalue weighted by Crippen LogP contribution is -2.23. The van der Waals surface area contributed by atoms with Crippen molar-refractivity contribution in [2.75, 3.05) is 25.6 Å². The number of methoxy groups -OCH3 is 1. The van der Waals surface area contributed by atoms with E-state index < -0.39 is 0 Å². The lowest BCUT2D eigenvalue weighted by Gasteiger charge is -2.09. The van der Waals surface area contributed by atoms with Crippen molar-refractivity contribution in [2.24, 2.45) is 5.73 Å². The van der Waals surface area contributed by atoms with Crippen molar-refractivity contribution in [3.05, 3.63) is 24.3 Å². The average Bonchev–Trinajstić information content (AvgIpc) is 2.28. The molecular formula is C13H20N2O3. The molecule has 0 aliphatic carbocycles. The maximum absolute atomic E-state index is 11.5. The Hall–Kier alpha value is -1.59. The standard InChI is InChI=1S/C13H20N2O3/c1-10(14)8-13(16)15-11-4-3-5-12(9-11)18-7-6-17-2/h3-5,9-10H,6-8,14H2,1-2H3,(H,15,16). The lowest BCUT2D eigenvalue weighted by atomic mass is 10.2. The second-order valence-electron chi connectivity index (χ2n) is 4.10. The van der Waals surface area contributed by atoms with Gasteiger partial charge in [-0.2, -0.15) is 0 Å². The van der Waals surface area contributed by atoms with E-state index in [1.807, 2.05) is 18.2 Å². The van der Waals surface area contributed by atoms with Crippen LogP contribution in [0.1, 0.15) is 13.3 Å². The summed E-state index contributed by atoms with van der Waals surface area (Å²) < 4.78 is 10.3. The first kappa shape index (κ1) is 14.5. The van der Waals surface area contributed by atoms with E-state index in [-0.39, 0.29) is 11.9 Å². The van der Waals surface area contributed by atoms with Crippen LogP contribution in [0, 0.1) is 0 Å². The number of carbonyl (C=O) groups excluding carboxylic acids is 1. The van der Waals surface area contributed by atoms with Crippen LogP contribution in [0.5, 0.6) is 5.75 Å². The van der Waals surface area contributed by atoms with Gasteiger partial charge >= 0.3 is 0 Å². The van der Waals surface area contributed by atoms with Gasteiger partial charge in [0, 0.05) is 31.3 Å². The van der Waals surface area contributed by atoms with E-state index in [1.54, 1.807) is 20.1 Å². The van der Waals surface area contributed by atoms with Crippen LogP contribution in [0.3, 0.4) is 0 Å². The van der Waals surface area contributed by atoms with Gasteiger partial charge in [-0.25, -0.2) is 0 Å². The Kier molecular flexibility index (Phi) is 6.18. The number of carbonyl (C=O) groups is 1. The third-order valence-corrected chi connectivity index (χ3v) is 2.18. The molecular weight excluding hydrogens is 232 g/mol. The SMILES string of the molecule is COCCOc1cccc(NC(=O)CC(C)N)c1. The molecule has 0 saturated carbocycles. The van der Waals surface area contributed by atoms with Crippen molar-refractivity contribution in [2.45, 2.75) is 19.4 Å². The number of ether oxygens (including phenoxy) is 2. The number of hydrogen-bond acceptors (Lipinski definition) is 4. The van der Waals surface area contributed by atoms with Crippen molar-refractivity contribution in [1.29, 1.82) is 0 Å². The monoisotopic (exact) mass is 252 g/mol. The summed E-state index contributed by atoms with van der Waals surface area (Å²) in [6.07, 6.45) is 0.300. The maximum atomic E-state index is 11.5.